The van der Waals surface area contributed by atoms with Crippen LogP contribution in [-0.4, -0.2) is 62.0 Å². The van der Waals surface area contributed by atoms with Crippen molar-refractivity contribution in [2.24, 2.45) is 5.92 Å². The molecule has 0 aliphatic carbocycles. The second kappa shape index (κ2) is 7.22. The highest BCUT2D eigenvalue weighted by molar-refractivity contribution is 4.81. The molecular formula is C12H26N2O2. The molecule has 1 saturated heterocycles. The van der Waals surface area contributed by atoms with E-state index in [1.807, 2.05) is 7.05 Å². The Labute approximate surface area is 99.0 Å². The van der Waals surface area contributed by atoms with Crippen LogP contribution in [-0.2, 0) is 4.74 Å². The zero-order valence-electron chi connectivity index (χ0n) is 10.8. The minimum absolute atomic E-state index is 0.232. The highest BCUT2D eigenvalue weighted by Gasteiger charge is 2.26. The monoisotopic (exact) mass is 230 g/mol. The first-order chi connectivity index (χ1) is 7.69. The standard InChI is InChI=1S/C12H26N2O2/c1-10(2)14(5-6-15)8-11-9-16-7-4-12(11)13-3/h10-13,15H,4-9H2,1-3H3. The Kier molecular flexibility index (Phi) is 6.28. The van der Waals surface area contributed by atoms with Crippen molar-refractivity contribution in [3.63, 3.8) is 0 Å². The number of hydrogen-bond acceptors (Lipinski definition) is 4. The Bertz CT molecular complexity index is 188. The summed E-state index contributed by atoms with van der Waals surface area (Å²) in [5, 5.41) is 12.4. The van der Waals surface area contributed by atoms with Crippen molar-refractivity contribution in [2.75, 3.05) is 40.0 Å². The Balaban J connectivity index is 2.47. The number of aliphatic hydroxyl groups excluding tert-OH is 1. The fourth-order valence-electron chi connectivity index (χ4n) is 2.35. The Morgan fingerprint density at radius 2 is 2.25 bits per heavy atom. The molecule has 16 heavy (non-hydrogen) atoms. The third-order valence-corrected chi connectivity index (χ3v) is 3.43. The molecule has 1 aliphatic rings. The SMILES string of the molecule is CNC1CCOCC1CN(CCO)C(C)C. The fourth-order valence-corrected chi connectivity index (χ4v) is 2.35. The second-order valence-corrected chi connectivity index (χ2v) is 4.83. The van der Waals surface area contributed by atoms with Crippen LogP contribution in [0.4, 0.5) is 0 Å². The minimum Gasteiger partial charge on any atom is -0.395 e. The molecule has 0 radical (unpaired) electrons. The molecule has 0 saturated carbocycles. The summed E-state index contributed by atoms with van der Waals surface area (Å²) in [6.07, 6.45) is 1.09. The summed E-state index contributed by atoms with van der Waals surface area (Å²) >= 11 is 0. The molecule has 4 nitrogen and oxygen atoms in total. The van der Waals surface area contributed by atoms with Crippen LogP contribution in [0.15, 0.2) is 0 Å². The van der Waals surface area contributed by atoms with Gasteiger partial charge in [-0.25, -0.2) is 0 Å². The molecule has 0 aromatic carbocycles. The van der Waals surface area contributed by atoms with Gasteiger partial charge < -0.3 is 15.2 Å². The number of nitrogens with zero attached hydrogens (tertiary/aromatic N) is 1. The smallest absolute Gasteiger partial charge is 0.0558 e. The first-order valence-electron chi connectivity index (χ1n) is 6.29. The van der Waals surface area contributed by atoms with Crippen molar-refractivity contribution in [3.8, 4) is 0 Å². The zero-order valence-corrected chi connectivity index (χ0v) is 10.8. The second-order valence-electron chi connectivity index (χ2n) is 4.83. The summed E-state index contributed by atoms with van der Waals surface area (Å²) in [5.41, 5.74) is 0. The number of rotatable bonds is 6. The van der Waals surface area contributed by atoms with Crippen LogP contribution in [0.3, 0.4) is 0 Å². The molecule has 0 amide bonds. The van der Waals surface area contributed by atoms with Gasteiger partial charge in [-0.2, -0.15) is 0 Å². The zero-order chi connectivity index (χ0) is 12.0. The summed E-state index contributed by atoms with van der Waals surface area (Å²) in [5.74, 6) is 0.535. The van der Waals surface area contributed by atoms with Crippen LogP contribution in [0.1, 0.15) is 20.3 Å². The van der Waals surface area contributed by atoms with E-state index in [-0.39, 0.29) is 6.61 Å². The molecular weight excluding hydrogens is 204 g/mol. The molecule has 0 aromatic heterocycles. The maximum absolute atomic E-state index is 9.05. The van der Waals surface area contributed by atoms with E-state index in [1.54, 1.807) is 0 Å². The predicted octanol–water partition coefficient (Wildman–Crippen LogP) is 0.314. The Morgan fingerprint density at radius 1 is 1.50 bits per heavy atom. The summed E-state index contributed by atoms with van der Waals surface area (Å²) in [4.78, 5) is 2.32. The van der Waals surface area contributed by atoms with E-state index in [4.69, 9.17) is 9.84 Å². The summed E-state index contributed by atoms with van der Waals surface area (Å²) in [7, 11) is 2.02. The first-order valence-corrected chi connectivity index (χ1v) is 6.29. The lowest BCUT2D eigenvalue weighted by molar-refractivity contribution is 0.0113. The summed E-state index contributed by atoms with van der Waals surface area (Å²) in [6.45, 7) is 8.04. The van der Waals surface area contributed by atoms with Crippen LogP contribution < -0.4 is 5.32 Å². The van der Waals surface area contributed by atoms with Gasteiger partial charge >= 0.3 is 0 Å². The molecule has 1 aliphatic heterocycles. The Morgan fingerprint density at radius 3 is 2.81 bits per heavy atom. The van der Waals surface area contributed by atoms with Crippen LogP contribution in [0.5, 0.6) is 0 Å². The minimum atomic E-state index is 0.232. The van der Waals surface area contributed by atoms with Crippen LogP contribution >= 0.6 is 0 Å². The molecule has 0 spiro atoms. The van der Waals surface area contributed by atoms with Gasteiger partial charge in [0.1, 0.15) is 0 Å². The molecule has 0 bridgehead atoms. The van der Waals surface area contributed by atoms with E-state index in [0.29, 0.717) is 18.0 Å². The highest BCUT2D eigenvalue weighted by Crippen LogP contribution is 2.17. The maximum Gasteiger partial charge on any atom is 0.0558 e. The van der Waals surface area contributed by atoms with E-state index < -0.39 is 0 Å². The quantitative estimate of drug-likeness (QED) is 0.689. The van der Waals surface area contributed by atoms with Gasteiger partial charge in [0.15, 0.2) is 0 Å². The number of nitrogens with one attached hydrogen (secondary N) is 1. The molecule has 2 atom stereocenters. The van der Waals surface area contributed by atoms with Crippen molar-refractivity contribution < 1.29 is 9.84 Å². The van der Waals surface area contributed by atoms with Crippen molar-refractivity contribution in [2.45, 2.75) is 32.4 Å². The van der Waals surface area contributed by atoms with E-state index in [1.165, 1.54) is 0 Å². The molecule has 1 fully saturated rings. The normalized spacial score (nSPS) is 26.6. The van der Waals surface area contributed by atoms with E-state index in [0.717, 1.165) is 32.7 Å². The average molecular weight is 230 g/mol. The van der Waals surface area contributed by atoms with Crippen molar-refractivity contribution in [1.82, 2.24) is 10.2 Å². The van der Waals surface area contributed by atoms with Gasteiger partial charge in [0.25, 0.3) is 0 Å². The number of hydrogen-bond donors (Lipinski definition) is 2. The highest BCUT2D eigenvalue weighted by atomic mass is 16.5. The number of aliphatic hydroxyl groups is 1. The van der Waals surface area contributed by atoms with Gasteiger partial charge in [-0.05, 0) is 27.3 Å². The average Bonchev–Trinajstić information content (AvgIpc) is 2.29. The fraction of sp³-hybridized carbons (Fsp3) is 1.00. The van der Waals surface area contributed by atoms with Gasteiger partial charge in [0.05, 0.1) is 13.2 Å². The molecule has 96 valence electrons. The van der Waals surface area contributed by atoms with Crippen LogP contribution in [0.2, 0.25) is 0 Å². The third-order valence-electron chi connectivity index (χ3n) is 3.43. The molecule has 2 N–H and O–H groups in total. The molecule has 0 aromatic rings. The van der Waals surface area contributed by atoms with Crippen molar-refractivity contribution in [3.05, 3.63) is 0 Å². The molecule has 4 heteroatoms. The van der Waals surface area contributed by atoms with Crippen molar-refractivity contribution in [1.29, 1.82) is 0 Å². The lowest BCUT2D eigenvalue weighted by atomic mass is 9.95. The lowest BCUT2D eigenvalue weighted by Crippen LogP contribution is -2.48. The third kappa shape index (κ3) is 4.01. The van der Waals surface area contributed by atoms with Gasteiger partial charge in [-0.3, -0.25) is 4.90 Å². The largest absolute Gasteiger partial charge is 0.395 e. The van der Waals surface area contributed by atoms with Crippen LogP contribution in [0.25, 0.3) is 0 Å². The molecule has 2 unspecified atom stereocenters. The van der Waals surface area contributed by atoms with Gasteiger partial charge in [0.2, 0.25) is 0 Å². The molecule has 1 rings (SSSR count). The predicted molar refractivity (Wildman–Crippen MR) is 65.6 cm³/mol. The van der Waals surface area contributed by atoms with Gasteiger partial charge in [-0.1, -0.05) is 0 Å². The van der Waals surface area contributed by atoms with E-state index >= 15 is 0 Å². The first kappa shape index (κ1) is 13.9. The number of ether oxygens (including phenoxy) is 1. The summed E-state index contributed by atoms with van der Waals surface area (Å²) < 4.78 is 5.54. The van der Waals surface area contributed by atoms with Crippen molar-refractivity contribution >= 4 is 0 Å². The van der Waals surface area contributed by atoms with E-state index in [9.17, 15) is 0 Å². The van der Waals surface area contributed by atoms with E-state index in [2.05, 4.69) is 24.1 Å². The van der Waals surface area contributed by atoms with Gasteiger partial charge in [-0.15, -0.1) is 0 Å². The van der Waals surface area contributed by atoms with Crippen LogP contribution in [0, 0.1) is 5.92 Å². The topological polar surface area (TPSA) is 44.7 Å². The maximum atomic E-state index is 9.05. The Hall–Kier alpha value is -0.160. The van der Waals surface area contributed by atoms with Gasteiger partial charge in [0, 0.05) is 37.7 Å². The lowest BCUT2D eigenvalue weighted by Gasteiger charge is -2.36. The molecule has 1 heterocycles. The summed E-state index contributed by atoms with van der Waals surface area (Å²) in [6, 6.07) is 1.03.